The second kappa shape index (κ2) is 8.59. The molecule has 21 heavy (non-hydrogen) atoms. The molecule has 0 bridgehead atoms. The Morgan fingerprint density at radius 3 is 2.67 bits per heavy atom. The first kappa shape index (κ1) is 18.2. The molecule has 2 rings (SSSR count). The Labute approximate surface area is 133 Å². The van der Waals surface area contributed by atoms with E-state index >= 15 is 0 Å². The van der Waals surface area contributed by atoms with E-state index < -0.39 is 0 Å². The van der Waals surface area contributed by atoms with Crippen molar-refractivity contribution in [3.05, 3.63) is 0 Å². The molecule has 0 radical (unpaired) electrons. The van der Waals surface area contributed by atoms with Gasteiger partial charge in [0.15, 0.2) is 0 Å². The van der Waals surface area contributed by atoms with Crippen molar-refractivity contribution in [3.63, 3.8) is 0 Å². The minimum atomic E-state index is 0. The number of hydrogen-bond acceptors (Lipinski definition) is 3. The molecule has 0 aromatic carbocycles. The molecule has 0 aromatic rings. The first-order chi connectivity index (χ1) is 9.61. The lowest BCUT2D eigenvalue weighted by Crippen LogP contribution is -2.33. The van der Waals surface area contributed by atoms with Crippen LogP contribution < -0.4 is 11.1 Å². The molecule has 1 saturated carbocycles. The second-order valence-electron chi connectivity index (χ2n) is 6.17. The van der Waals surface area contributed by atoms with Gasteiger partial charge in [0.05, 0.1) is 0 Å². The van der Waals surface area contributed by atoms with Crippen LogP contribution in [-0.4, -0.2) is 42.4 Å². The van der Waals surface area contributed by atoms with Gasteiger partial charge in [0.25, 0.3) is 0 Å². The summed E-state index contributed by atoms with van der Waals surface area (Å²) in [5.41, 5.74) is 6.08. The summed E-state index contributed by atoms with van der Waals surface area (Å²) in [4.78, 5) is 25.5. The van der Waals surface area contributed by atoms with Crippen molar-refractivity contribution in [2.45, 2.75) is 51.5 Å². The zero-order valence-corrected chi connectivity index (χ0v) is 13.7. The van der Waals surface area contributed by atoms with Crippen LogP contribution in [0.5, 0.6) is 0 Å². The standard InChI is InChI=1S/C15H27N3O2.ClH/c1-2-8-17-14(19)4-3-5-15(20)18-9-11-6-7-13(16)12(11)10-18;/h11-13H,2-10,16H2,1H3,(H,17,19);1H. The van der Waals surface area contributed by atoms with E-state index in [-0.39, 0.29) is 30.3 Å². The lowest BCUT2D eigenvalue weighted by molar-refractivity contribution is -0.130. The second-order valence-corrected chi connectivity index (χ2v) is 6.17. The number of likely N-dealkylation sites (tertiary alicyclic amines) is 1. The summed E-state index contributed by atoms with van der Waals surface area (Å²) in [5.74, 6) is 1.36. The van der Waals surface area contributed by atoms with Gasteiger partial charge in [-0.2, -0.15) is 0 Å². The Hall–Kier alpha value is -0.810. The van der Waals surface area contributed by atoms with Crippen molar-refractivity contribution in [3.8, 4) is 0 Å². The molecule has 2 amide bonds. The van der Waals surface area contributed by atoms with Crippen LogP contribution in [0.4, 0.5) is 0 Å². The summed E-state index contributed by atoms with van der Waals surface area (Å²) in [6.45, 7) is 4.45. The molecule has 1 aliphatic carbocycles. The van der Waals surface area contributed by atoms with Gasteiger partial charge < -0.3 is 16.0 Å². The van der Waals surface area contributed by atoms with Crippen LogP contribution in [0.1, 0.15) is 45.4 Å². The van der Waals surface area contributed by atoms with Crippen LogP contribution in [0.15, 0.2) is 0 Å². The smallest absolute Gasteiger partial charge is 0.222 e. The molecule has 2 aliphatic rings. The fraction of sp³-hybridized carbons (Fsp3) is 0.867. The predicted molar refractivity (Wildman–Crippen MR) is 85.2 cm³/mol. The van der Waals surface area contributed by atoms with Crippen LogP contribution in [0.2, 0.25) is 0 Å². The van der Waals surface area contributed by atoms with Crippen LogP contribution >= 0.6 is 12.4 Å². The largest absolute Gasteiger partial charge is 0.356 e. The van der Waals surface area contributed by atoms with E-state index in [0.29, 0.717) is 31.1 Å². The highest BCUT2D eigenvalue weighted by atomic mass is 35.5. The number of rotatable bonds is 6. The number of halogens is 1. The molecule has 1 saturated heterocycles. The van der Waals surface area contributed by atoms with E-state index in [9.17, 15) is 9.59 Å². The molecule has 3 N–H and O–H groups in total. The lowest BCUT2D eigenvalue weighted by Gasteiger charge is -2.18. The SMILES string of the molecule is CCCNC(=O)CCCC(=O)N1CC2CCC(N)C2C1.Cl. The van der Waals surface area contributed by atoms with Crippen molar-refractivity contribution in [2.75, 3.05) is 19.6 Å². The maximum atomic E-state index is 12.1. The highest BCUT2D eigenvalue weighted by molar-refractivity contribution is 5.85. The van der Waals surface area contributed by atoms with Crippen molar-refractivity contribution < 1.29 is 9.59 Å². The maximum absolute atomic E-state index is 12.1. The van der Waals surface area contributed by atoms with Crippen LogP contribution in [0.3, 0.4) is 0 Å². The minimum absolute atomic E-state index is 0. The van der Waals surface area contributed by atoms with E-state index in [1.54, 1.807) is 0 Å². The Balaban J connectivity index is 0.00000220. The molecule has 3 atom stereocenters. The Morgan fingerprint density at radius 1 is 1.24 bits per heavy atom. The number of carbonyl (C=O) groups excluding carboxylic acids is 2. The third kappa shape index (κ3) is 4.85. The molecular weight excluding hydrogens is 290 g/mol. The zero-order chi connectivity index (χ0) is 14.5. The summed E-state index contributed by atoms with van der Waals surface area (Å²) in [5, 5.41) is 2.83. The predicted octanol–water partition coefficient (Wildman–Crippen LogP) is 1.30. The number of amides is 2. The van der Waals surface area contributed by atoms with Crippen molar-refractivity contribution >= 4 is 24.2 Å². The molecule has 122 valence electrons. The van der Waals surface area contributed by atoms with Crippen LogP contribution in [-0.2, 0) is 9.59 Å². The molecule has 5 nitrogen and oxygen atoms in total. The number of nitrogens with one attached hydrogen (secondary N) is 1. The summed E-state index contributed by atoms with van der Waals surface area (Å²) >= 11 is 0. The van der Waals surface area contributed by atoms with Crippen molar-refractivity contribution in [1.82, 2.24) is 10.2 Å². The number of nitrogens with two attached hydrogens (primary N) is 1. The van der Waals surface area contributed by atoms with Gasteiger partial charge >= 0.3 is 0 Å². The van der Waals surface area contributed by atoms with Crippen molar-refractivity contribution in [2.24, 2.45) is 17.6 Å². The topological polar surface area (TPSA) is 75.4 Å². The van der Waals surface area contributed by atoms with Crippen LogP contribution in [0, 0.1) is 11.8 Å². The quantitative estimate of drug-likeness (QED) is 0.775. The van der Waals surface area contributed by atoms with Gasteiger partial charge in [0.2, 0.25) is 11.8 Å². The van der Waals surface area contributed by atoms with E-state index in [1.807, 2.05) is 11.8 Å². The Kier molecular flexibility index (Phi) is 7.46. The van der Waals surface area contributed by atoms with Gasteiger partial charge in [-0.1, -0.05) is 6.92 Å². The molecule has 1 heterocycles. The molecular formula is C15H28ClN3O2. The van der Waals surface area contributed by atoms with Gasteiger partial charge in [-0.15, -0.1) is 12.4 Å². The first-order valence-corrected chi connectivity index (χ1v) is 7.92. The fourth-order valence-electron chi connectivity index (χ4n) is 3.42. The Bertz CT molecular complexity index is 365. The van der Waals surface area contributed by atoms with Gasteiger partial charge in [-0.05, 0) is 37.5 Å². The van der Waals surface area contributed by atoms with Gasteiger partial charge in [0, 0.05) is 38.5 Å². The van der Waals surface area contributed by atoms with E-state index in [0.717, 1.165) is 38.9 Å². The average Bonchev–Trinajstić information content (AvgIpc) is 2.99. The third-order valence-corrected chi connectivity index (χ3v) is 4.63. The highest BCUT2D eigenvalue weighted by Crippen LogP contribution is 2.37. The number of carbonyl (C=O) groups is 2. The molecule has 3 unspecified atom stereocenters. The fourth-order valence-corrected chi connectivity index (χ4v) is 3.42. The summed E-state index contributed by atoms with van der Waals surface area (Å²) in [7, 11) is 0. The van der Waals surface area contributed by atoms with Crippen molar-refractivity contribution in [1.29, 1.82) is 0 Å². The molecule has 0 spiro atoms. The maximum Gasteiger partial charge on any atom is 0.222 e. The number of fused-ring (bicyclic) bond motifs is 1. The third-order valence-electron chi connectivity index (χ3n) is 4.63. The van der Waals surface area contributed by atoms with Gasteiger partial charge in [-0.3, -0.25) is 9.59 Å². The molecule has 2 fully saturated rings. The summed E-state index contributed by atoms with van der Waals surface area (Å²) in [6, 6.07) is 0.276. The first-order valence-electron chi connectivity index (χ1n) is 7.92. The molecule has 6 heteroatoms. The summed E-state index contributed by atoms with van der Waals surface area (Å²) in [6.07, 6.45) is 4.79. The molecule has 0 aromatic heterocycles. The monoisotopic (exact) mass is 317 g/mol. The Morgan fingerprint density at radius 2 is 2.00 bits per heavy atom. The normalized spacial score (nSPS) is 27.1. The van der Waals surface area contributed by atoms with Crippen LogP contribution in [0.25, 0.3) is 0 Å². The van der Waals surface area contributed by atoms with Gasteiger partial charge in [0.1, 0.15) is 0 Å². The summed E-state index contributed by atoms with van der Waals surface area (Å²) < 4.78 is 0. The average molecular weight is 318 g/mol. The molecule has 1 aliphatic heterocycles. The van der Waals surface area contributed by atoms with E-state index in [2.05, 4.69) is 5.32 Å². The van der Waals surface area contributed by atoms with E-state index in [4.69, 9.17) is 5.73 Å². The van der Waals surface area contributed by atoms with Gasteiger partial charge in [-0.25, -0.2) is 0 Å². The zero-order valence-electron chi connectivity index (χ0n) is 12.8. The lowest BCUT2D eigenvalue weighted by atomic mass is 9.98. The highest BCUT2D eigenvalue weighted by Gasteiger charge is 2.42. The van der Waals surface area contributed by atoms with E-state index in [1.165, 1.54) is 0 Å². The number of hydrogen-bond donors (Lipinski definition) is 2. The minimum Gasteiger partial charge on any atom is -0.356 e. The number of nitrogens with zero attached hydrogens (tertiary/aromatic N) is 1.